The predicted molar refractivity (Wildman–Crippen MR) is 109 cm³/mol. The molecule has 0 spiro atoms. The summed E-state index contributed by atoms with van der Waals surface area (Å²) < 4.78 is 13.4. The molecule has 136 valence electrons. The molecule has 2 aromatic heterocycles. The van der Waals surface area contributed by atoms with Crippen LogP contribution in [0.2, 0.25) is 5.02 Å². The molecule has 0 saturated heterocycles. The predicted octanol–water partition coefficient (Wildman–Crippen LogP) is 5.84. The molecule has 0 radical (unpaired) electrons. The molecule has 0 fully saturated rings. The van der Waals surface area contributed by atoms with E-state index in [1.807, 2.05) is 67.6 Å². The summed E-state index contributed by atoms with van der Waals surface area (Å²) in [7, 11) is 0. The van der Waals surface area contributed by atoms with Crippen LogP contribution < -0.4 is 4.74 Å². The van der Waals surface area contributed by atoms with Crippen molar-refractivity contribution in [3.63, 3.8) is 0 Å². The first-order valence-electron chi connectivity index (χ1n) is 8.76. The van der Waals surface area contributed by atoms with E-state index in [1.54, 1.807) is 6.26 Å². The van der Waals surface area contributed by atoms with Crippen LogP contribution in [0.4, 0.5) is 0 Å². The van der Waals surface area contributed by atoms with Crippen LogP contribution in [-0.2, 0) is 6.54 Å². The van der Waals surface area contributed by atoms with Gasteiger partial charge in [-0.2, -0.15) is 0 Å². The van der Waals surface area contributed by atoms with Crippen molar-refractivity contribution in [2.75, 3.05) is 6.61 Å². The Morgan fingerprint density at radius 2 is 2.00 bits per heavy atom. The number of imidazole rings is 1. The maximum absolute atomic E-state index is 6.08. The second-order valence-electron chi connectivity index (χ2n) is 6.22. The number of halogens is 1. The Morgan fingerprint density at radius 3 is 2.81 bits per heavy atom. The van der Waals surface area contributed by atoms with Gasteiger partial charge in [0.2, 0.25) is 0 Å². The standard InChI is InChI=1S/C22H19ClN2O2/c1-16-15-18(8-10-19(16)23)27-14-12-25-21-7-3-2-6-20(21)24-22(25)11-9-17-5-4-13-26-17/h2-11,13,15H,12,14H2,1H3/b11-9+. The zero-order chi connectivity index (χ0) is 18.6. The highest BCUT2D eigenvalue weighted by atomic mass is 35.5. The van der Waals surface area contributed by atoms with Gasteiger partial charge in [-0.15, -0.1) is 0 Å². The Bertz CT molecular complexity index is 1080. The van der Waals surface area contributed by atoms with Crippen LogP contribution in [0, 0.1) is 6.92 Å². The summed E-state index contributed by atoms with van der Waals surface area (Å²) in [6, 6.07) is 17.6. The van der Waals surface area contributed by atoms with Crippen molar-refractivity contribution in [1.82, 2.24) is 9.55 Å². The summed E-state index contributed by atoms with van der Waals surface area (Å²) in [6.45, 7) is 3.18. The van der Waals surface area contributed by atoms with Gasteiger partial charge in [-0.1, -0.05) is 23.7 Å². The smallest absolute Gasteiger partial charge is 0.134 e. The molecule has 2 aromatic carbocycles. The number of benzene rings is 2. The van der Waals surface area contributed by atoms with Crippen molar-refractivity contribution in [3.8, 4) is 5.75 Å². The lowest BCUT2D eigenvalue weighted by Crippen LogP contribution is -2.09. The molecule has 0 saturated carbocycles. The van der Waals surface area contributed by atoms with Gasteiger partial charge >= 0.3 is 0 Å². The Hall–Kier alpha value is -2.98. The maximum atomic E-state index is 6.08. The number of rotatable bonds is 6. The zero-order valence-corrected chi connectivity index (χ0v) is 15.7. The van der Waals surface area contributed by atoms with Crippen molar-refractivity contribution in [2.24, 2.45) is 0 Å². The highest BCUT2D eigenvalue weighted by molar-refractivity contribution is 6.31. The van der Waals surface area contributed by atoms with Gasteiger partial charge in [-0.3, -0.25) is 0 Å². The molecule has 4 nitrogen and oxygen atoms in total. The fourth-order valence-corrected chi connectivity index (χ4v) is 3.08. The average Bonchev–Trinajstić information content (AvgIpc) is 3.31. The van der Waals surface area contributed by atoms with Crippen molar-refractivity contribution in [3.05, 3.63) is 83.0 Å². The average molecular weight is 379 g/mol. The minimum Gasteiger partial charge on any atom is -0.492 e. The Kier molecular flexibility index (Phi) is 4.99. The topological polar surface area (TPSA) is 40.2 Å². The molecule has 2 heterocycles. The summed E-state index contributed by atoms with van der Waals surface area (Å²) in [5, 5.41) is 0.744. The van der Waals surface area contributed by atoms with Gasteiger partial charge in [-0.25, -0.2) is 4.98 Å². The van der Waals surface area contributed by atoms with Gasteiger partial charge in [0.1, 0.15) is 23.9 Å². The summed E-state index contributed by atoms with van der Waals surface area (Å²) in [5.41, 5.74) is 3.04. The number of nitrogens with zero attached hydrogens (tertiary/aromatic N) is 2. The first kappa shape index (κ1) is 17.4. The van der Waals surface area contributed by atoms with Crippen molar-refractivity contribution in [1.29, 1.82) is 0 Å². The van der Waals surface area contributed by atoms with Gasteiger partial charge in [0.05, 0.1) is 23.8 Å². The highest BCUT2D eigenvalue weighted by Gasteiger charge is 2.09. The first-order valence-corrected chi connectivity index (χ1v) is 9.14. The molecule has 5 heteroatoms. The van der Waals surface area contributed by atoms with Crippen molar-refractivity contribution < 1.29 is 9.15 Å². The Morgan fingerprint density at radius 1 is 1.11 bits per heavy atom. The third-order valence-corrected chi connectivity index (χ3v) is 4.76. The second-order valence-corrected chi connectivity index (χ2v) is 6.63. The molecule has 4 rings (SSSR count). The molecular formula is C22H19ClN2O2. The second kappa shape index (κ2) is 7.72. The lowest BCUT2D eigenvalue weighted by molar-refractivity contribution is 0.299. The van der Waals surface area contributed by atoms with E-state index < -0.39 is 0 Å². The van der Waals surface area contributed by atoms with Crippen molar-refractivity contribution >= 4 is 34.8 Å². The molecule has 0 atom stereocenters. The molecule has 4 aromatic rings. The van der Waals surface area contributed by atoms with Crippen LogP contribution in [0.15, 0.2) is 65.3 Å². The zero-order valence-electron chi connectivity index (χ0n) is 14.9. The van der Waals surface area contributed by atoms with E-state index in [4.69, 9.17) is 25.7 Å². The minimum absolute atomic E-state index is 0.531. The van der Waals surface area contributed by atoms with Crippen LogP contribution in [0.5, 0.6) is 5.75 Å². The van der Waals surface area contributed by atoms with Crippen molar-refractivity contribution in [2.45, 2.75) is 13.5 Å². The Labute approximate surface area is 162 Å². The van der Waals surface area contributed by atoms with Crippen LogP contribution >= 0.6 is 11.6 Å². The summed E-state index contributed by atoms with van der Waals surface area (Å²) in [6.07, 6.45) is 5.54. The SMILES string of the molecule is Cc1cc(OCCn2c(/C=C/c3ccco3)nc3ccccc32)ccc1Cl. The molecule has 0 aliphatic carbocycles. The van der Waals surface area contributed by atoms with E-state index in [9.17, 15) is 0 Å². The molecule has 0 unspecified atom stereocenters. The van der Waals surface area contributed by atoms with Gasteiger partial charge < -0.3 is 13.7 Å². The molecule has 0 amide bonds. The normalized spacial score (nSPS) is 11.5. The molecule has 27 heavy (non-hydrogen) atoms. The third-order valence-electron chi connectivity index (χ3n) is 4.34. The lowest BCUT2D eigenvalue weighted by atomic mass is 10.2. The number of para-hydroxylation sites is 2. The third kappa shape index (κ3) is 3.91. The first-order chi connectivity index (χ1) is 13.2. The maximum Gasteiger partial charge on any atom is 0.134 e. The number of fused-ring (bicyclic) bond motifs is 1. The van der Waals surface area contributed by atoms with Crippen LogP contribution in [0.1, 0.15) is 17.1 Å². The molecule has 0 bridgehead atoms. The van der Waals surface area contributed by atoms with Crippen LogP contribution in [0.3, 0.4) is 0 Å². The van der Waals surface area contributed by atoms with E-state index in [2.05, 4.69) is 10.6 Å². The van der Waals surface area contributed by atoms with Gasteiger partial charge in [-0.05, 0) is 67.1 Å². The number of aromatic nitrogens is 2. The number of hydrogen-bond acceptors (Lipinski definition) is 3. The number of hydrogen-bond donors (Lipinski definition) is 0. The van der Waals surface area contributed by atoms with Gasteiger partial charge in [0.25, 0.3) is 0 Å². The number of ether oxygens (including phenoxy) is 1. The molecular weight excluding hydrogens is 360 g/mol. The number of furan rings is 1. The van der Waals surface area contributed by atoms with E-state index in [0.717, 1.165) is 39.0 Å². The summed E-state index contributed by atoms with van der Waals surface area (Å²) in [4.78, 5) is 4.72. The fourth-order valence-electron chi connectivity index (χ4n) is 2.96. The number of aryl methyl sites for hydroxylation is 1. The largest absolute Gasteiger partial charge is 0.492 e. The molecule has 0 aliphatic heterocycles. The lowest BCUT2D eigenvalue weighted by Gasteiger charge is -2.10. The van der Waals surface area contributed by atoms with Gasteiger partial charge in [0, 0.05) is 5.02 Å². The van der Waals surface area contributed by atoms with Gasteiger partial charge in [0.15, 0.2) is 0 Å². The molecule has 0 N–H and O–H groups in total. The quantitative estimate of drug-likeness (QED) is 0.423. The fraction of sp³-hybridized carbons (Fsp3) is 0.136. The Balaban J connectivity index is 1.55. The van der Waals surface area contributed by atoms with E-state index >= 15 is 0 Å². The van der Waals surface area contributed by atoms with Crippen LogP contribution in [-0.4, -0.2) is 16.2 Å². The van der Waals surface area contributed by atoms with E-state index in [1.165, 1.54) is 0 Å². The molecule has 0 aliphatic rings. The summed E-state index contributed by atoms with van der Waals surface area (Å²) in [5.74, 6) is 2.47. The monoisotopic (exact) mass is 378 g/mol. The van der Waals surface area contributed by atoms with Crippen LogP contribution in [0.25, 0.3) is 23.2 Å². The summed E-state index contributed by atoms with van der Waals surface area (Å²) >= 11 is 6.08. The van der Waals surface area contributed by atoms with E-state index in [-0.39, 0.29) is 0 Å². The minimum atomic E-state index is 0.531. The van der Waals surface area contributed by atoms with E-state index in [0.29, 0.717) is 13.2 Å². The highest BCUT2D eigenvalue weighted by Crippen LogP contribution is 2.22.